The summed E-state index contributed by atoms with van der Waals surface area (Å²) in [5, 5.41) is 13.1. The van der Waals surface area contributed by atoms with Crippen molar-refractivity contribution < 1.29 is 28.9 Å². The number of hydrogen-bond donors (Lipinski definition) is 2. The van der Waals surface area contributed by atoms with Crippen LogP contribution in [0.25, 0.3) is 0 Å². The Morgan fingerprint density at radius 3 is 2.42 bits per heavy atom. The van der Waals surface area contributed by atoms with Gasteiger partial charge in [-0.2, -0.15) is 0 Å². The van der Waals surface area contributed by atoms with E-state index in [0.29, 0.717) is 13.0 Å². The fourth-order valence-electron chi connectivity index (χ4n) is 4.06. The molecule has 0 unspecified atom stereocenters. The SMILES string of the molecule is CC(=O)O[C@@H](C)C(=O)NCc1ccc([C@H]2O[C@@H](CSc3ccccn3)C[C@@H](c3ccc(CO)cc3)O2)cc1. The lowest BCUT2D eigenvalue weighted by Gasteiger charge is -2.36. The second-order valence-corrected chi connectivity index (χ2v) is 10.1. The van der Waals surface area contributed by atoms with E-state index in [1.807, 2.05) is 66.7 Å². The number of amides is 1. The minimum Gasteiger partial charge on any atom is -0.453 e. The fourth-order valence-corrected chi connectivity index (χ4v) is 4.94. The van der Waals surface area contributed by atoms with E-state index in [9.17, 15) is 14.7 Å². The molecule has 0 spiro atoms. The Labute approximate surface area is 226 Å². The number of ether oxygens (including phenoxy) is 3. The van der Waals surface area contributed by atoms with Crippen LogP contribution >= 0.6 is 11.8 Å². The third kappa shape index (κ3) is 7.88. The van der Waals surface area contributed by atoms with E-state index in [2.05, 4.69) is 10.3 Å². The summed E-state index contributed by atoms with van der Waals surface area (Å²) in [5.74, 6) is -0.123. The Balaban J connectivity index is 1.43. The van der Waals surface area contributed by atoms with Crippen LogP contribution in [0.5, 0.6) is 0 Å². The topological polar surface area (TPSA) is 107 Å². The number of carbonyl (C=O) groups excluding carboxylic acids is 2. The molecular formula is C29H32N2O6S. The Morgan fingerprint density at radius 2 is 1.76 bits per heavy atom. The zero-order chi connectivity index (χ0) is 26.9. The van der Waals surface area contributed by atoms with Gasteiger partial charge in [0.25, 0.3) is 5.91 Å². The van der Waals surface area contributed by atoms with E-state index in [1.54, 1.807) is 18.0 Å². The average Bonchev–Trinajstić information content (AvgIpc) is 2.95. The molecule has 200 valence electrons. The maximum atomic E-state index is 12.1. The van der Waals surface area contributed by atoms with Crippen LogP contribution in [0.4, 0.5) is 0 Å². The van der Waals surface area contributed by atoms with Gasteiger partial charge in [0.1, 0.15) is 0 Å². The van der Waals surface area contributed by atoms with Crippen LogP contribution in [0.3, 0.4) is 0 Å². The molecule has 1 fully saturated rings. The first kappa shape index (κ1) is 27.8. The highest BCUT2D eigenvalue weighted by Crippen LogP contribution is 2.39. The van der Waals surface area contributed by atoms with Gasteiger partial charge in [-0.25, -0.2) is 4.98 Å². The molecular weight excluding hydrogens is 504 g/mol. The van der Waals surface area contributed by atoms with Crippen molar-refractivity contribution in [2.24, 2.45) is 0 Å². The highest BCUT2D eigenvalue weighted by atomic mass is 32.2. The van der Waals surface area contributed by atoms with Crippen molar-refractivity contribution in [3.8, 4) is 0 Å². The van der Waals surface area contributed by atoms with Gasteiger partial charge in [-0.15, -0.1) is 11.8 Å². The largest absolute Gasteiger partial charge is 0.453 e. The molecule has 2 aromatic carbocycles. The number of hydrogen-bond acceptors (Lipinski definition) is 8. The van der Waals surface area contributed by atoms with Crippen LogP contribution in [0.2, 0.25) is 0 Å². The van der Waals surface area contributed by atoms with Crippen molar-refractivity contribution in [3.63, 3.8) is 0 Å². The molecule has 2 heterocycles. The second-order valence-electron chi connectivity index (χ2n) is 9.04. The van der Waals surface area contributed by atoms with E-state index in [-0.39, 0.29) is 24.7 Å². The Bertz CT molecular complexity index is 1190. The highest BCUT2D eigenvalue weighted by molar-refractivity contribution is 7.99. The summed E-state index contributed by atoms with van der Waals surface area (Å²) in [7, 11) is 0. The minimum absolute atomic E-state index is 0.00362. The van der Waals surface area contributed by atoms with Gasteiger partial charge in [-0.05, 0) is 35.7 Å². The Hall–Kier alpha value is -3.24. The molecule has 1 amide bonds. The summed E-state index contributed by atoms with van der Waals surface area (Å²) < 4.78 is 17.7. The molecule has 3 aromatic rings. The lowest BCUT2D eigenvalue weighted by atomic mass is 10.0. The van der Waals surface area contributed by atoms with Gasteiger partial charge in [0.2, 0.25) is 0 Å². The van der Waals surface area contributed by atoms with E-state index in [1.165, 1.54) is 13.8 Å². The number of rotatable bonds is 10. The molecule has 0 bridgehead atoms. The van der Waals surface area contributed by atoms with Crippen molar-refractivity contribution in [3.05, 3.63) is 95.2 Å². The maximum Gasteiger partial charge on any atom is 0.303 e. The first-order valence-corrected chi connectivity index (χ1v) is 13.5. The van der Waals surface area contributed by atoms with E-state index >= 15 is 0 Å². The zero-order valence-electron chi connectivity index (χ0n) is 21.4. The highest BCUT2D eigenvalue weighted by Gasteiger charge is 2.32. The molecule has 4 rings (SSSR count). The molecule has 8 nitrogen and oxygen atoms in total. The van der Waals surface area contributed by atoms with Crippen molar-refractivity contribution in [2.75, 3.05) is 5.75 Å². The van der Waals surface area contributed by atoms with Crippen molar-refractivity contribution in [1.29, 1.82) is 0 Å². The standard InChI is InChI=1S/C29H32N2O6S/c1-19(35-20(2)33)28(34)31-16-21-6-12-24(13-7-21)29-36-25(18-38-27-5-3-4-14-30-27)15-26(37-29)23-10-8-22(17-32)9-11-23/h3-14,19,25-26,29,32H,15-18H2,1-2H3,(H,31,34)/t19-,25+,26-,29-/m0/s1. The average molecular weight is 537 g/mol. The number of pyridine rings is 1. The number of esters is 1. The first-order valence-electron chi connectivity index (χ1n) is 12.5. The molecule has 0 saturated carbocycles. The Morgan fingerprint density at radius 1 is 1.05 bits per heavy atom. The van der Waals surface area contributed by atoms with Crippen LogP contribution in [-0.2, 0) is 37.0 Å². The second kappa shape index (κ2) is 13.5. The van der Waals surface area contributed by atoms with Gasteiger partial charge in [0.05, 0.1) is 23.8 Å². The third-order valence-corrected chi connectivity index (χ3v) is 7.18. The van der Waals surface area contributed by atoms with Crippen LogP contribution in [0, 0.1) is 0 Å². The number of nitrogens with one attached hydrogen (secondary N) is 1. The van der Waals surface area contributed by atoms with Gasteiger partial charge in [0.15, 0.2) is 12.4 Å². The summed E-state index contributed by atoms with van der Waals surface area (Å²) in [6.45, 7) is 3.11. The number of thioether (sulfide) groups is 1. The number of benzene rings is 2. The molecule has 1 aliphatic heterocycles. The molecule has 4 atom stereocenters. The lowest BCUT2D eigenvalue weighted by Crippen LogP contribution is -2.35. The molecule has 1 saturated heterocycles. The molecule has 38 heavy (non-hydrogen) atoms. The van der Waals surface area contributed by atoms with Crippen LogP contribution in [-0.4, -0.2) is 39.9 Å². The van der Waals surface area contributed by atoms with E-state index < -0.39 is 18.4 Å². The van der Waals surface area contributed by atoms with Gasteiger partial charge < -0.3 is 24.6 Å². The van der Waals surface area contributed by atoms with Crippen LogP contribution < -0.4 is 5.32 Å². The van der Waals surface area contributed by atoms with Crippen LogP contribution in [0.15, 0.2) is 78.0 Å². The number of aliphatic hydroxyl groups excluding tert-OH is 1. The monoisotopic (exact) mass is 536 g/mol. The minimum atomic E-state index is -0.847. The summed E-state index contributed by atoms with van der Waals surface area (Å²) in [4.78, 5) is 27.6. The van der Waals surface area contributed by atoms with E-state index in [0.717, 1.165) is 33.0 Å². The van der Waals surface area contributed by atoms with Gasteiger partial charge in [0, 0.05) is 37.4 Å². The maximum absolute atomic E-state index is 12.1. The summed E-state index contributed by atoms with van der Waals surface area (Å²) in [6, 6.07) is 21.3. The summed E-state index contributed by atoms with van der Waals surface area (Å²) in [6.07, 6.45) is 0.831. The van der Waals surface area contributed by atoms with Crippen LogP contribution in [0.1, 0.15) is 54.9 Å². The van der Waals surface area contributed by atoms with Gasteiger partial charge >= 0.3 is 5.97 Å². The van der Waals surface area contributed by atoms with E-state index in [4.69, 9.17) is 14.2 Å². The van der Waals surface area contributed by atoms with Gasteiger partial charge in [-0.1, -0.05) is 54.6 Å². The van der Waals surface area contributed by atoms with Crippen molar-refractivity contribution in [1.82, 2.24) is 10.3 Å². The summed E-state index contributed by atoms with van der Waals surface area (Å²) >= 11 is 1.65. The number of aliphatic hydroxyl groups is 1. The predicted molar refractivity (Wildman–Crippen MR) is 143 cm³/mol. The quantitative estimate of drug-likeness (QED) is 0.289. The lowest BCUT2D eigenvalue weighted by molar-refractivity contribution is -0.245. The molecule has 1 aromatic heterocycles. The van der Waals surface area contributed by atoms with Gasteiger partial charge in [-0.3, -0.25) is 9.59 Å². The number of nitrogens with zero attached hydrogens (tertiary/aromatic N) is 1. The number of carbonyl (C=O) groups is 2. The van der Waals surface area contributed by atoms with Crippen molar-refractivity contribution in [2.45, 2.75) is 63.0 Å². The first-order chi connectivity index (χ1) is 18.4. The Kier molecular flexibility index (Phi) is 9.89. The smallest absolute Gasteiger partial charge is 0.303 e. The third-order valence-electron chi connectivity index (χ3n) is 6.10. The number of aromatic nitrogens is 1. The molecule has 9 heteroatoms. The summed E-state index contributed by atoms with van der Waals surface area (Å²) in [5.41, 5.74) is 3.65. The fraction of sp³-hybridized carbons (Fsp3) is 0.345. The molecule has 1 aliphatic rings. The molecule has 2 N–H and O–H groups in total. The molecule has 0 radical (unpaired) electrons. The van der Waals surface area contributed by atoms with Crippen molar-refractivity contribution >= 4 is 23.6 Å². The zero-order valence-corrected chi connectivity index (χ0v) is 22.2. The molecule has 0 aliphatic carbocycles. The predicted octanol–water partition coefficient (Wildman–Crippen LogP) is 4.48. The normalized spacial score (nSPS) is 19.9.